The molecule has 3 amide bonds. The van der Waals surface area contributed by atoms with Crippen molar-refractivity contribution >= 4 is 23.7 Å². The van der Waals surface area contributed by atoms with Gasteiger partial charge in [0.15, 0.2) is 5.69 Å². The third kappa shape index (κ3) is 1.37. The Morgan fingerprint density at radius 3 is 3.08 bits per heavy atom. The van der Waals surface area contributed by atoms with E-state index in [1.807, 2.05) is 0 Å². The summed E-state index contributed by atoms with van der Waals surface area (Å²) >= 11 is 0.949. The van der Waals surface area contributed by atoms with Gasteiger partial charge in [-0.1, -0.05) is 0 Å². The Kier molecular flexibility index (Phi) is 1.93. The van der Waals surface area contributed by atoms with Crippen LogP contribution in [0.3, 0.4) is 0 Å². The van der Waals surface area contributed by atoms with E-state index in [1.54, 1.807) is 0 Å². The first-order valence-electron chi connectivity index (χ1n) is 3.66. The topological polar surface area (TPSA) is 75.2 Å². The average molecular weight is 198 g/mol. The summed E-state index contributed by atoms with van der Waals surface area (Å²) in [4.78, 5) is 23.7. The molecule has 1 fully saturated rings. The van der Waals surface area contributed by atoms with Crippen LogP contribution in [0, 0.1) is 0 Å². The Labute approximate surface area is 77.9 Å². The minimum Gasteiger partial charge on any atom is -0.336 e. The third-order valence-electron chi connectivity index (χ3n) is 1.68. The first-order valence-corrected chi connectivity index (χ1v) is 4.39. The van der Waals surface area contributed by atoms with E-state index in [1.165, 1.54) is 6.20 Å². The molecule has 0 aromatic carbocycles. The van der Waals surface area contributed by atoms with Crippen LogP contribution in [0.2, 0.25) is 0 Å². The Balaban J connectivity index is 2.18. The predicted octanol–water partition coefficient (Wildman–Crippen LogP) is -0.297. The molecule has 1 aliphatic rings. The lowest BCUT2D eigenvalue weighted by molar-refractivity contribution is 0.0825. The van der Waals surface area contributed by atoms with Crippen molar-refractivity contribution in [3.8, 4) is 0 Å². The van der Waals surface area contributed by atoms with Gasteiger partial charge in [-0.25, -0.2) is 4.79 Å². The monoisotopic (exact) mass is 198 g/mol. The van der Waals surface area contributed by atoms with E-state index in [-0.39, 0.29) is 17.6 Å². The predicted molar refractivity (Wildman–Crippen MR) is 44.3 cm³/mol. The quantitative estimate of drug-likeness (QED) is 0.672. The van der Waals surface area contributed by atoms with E-state index in [2.05, 4.69) is 14.1 Å². The van der Waals surface area contributed by atoms with Crippen LogP contribution >= 0.6 is 11.7 Å². The highest BCUT2D eigenvalue weighted by molar-refractivity contribution is 6.99. The number of hydrogen-bond donors (Lipinski definition) is 1. The van der Waals surface area contributed by atoms with Gasteiger partial charge < -0.3 is 5.32 Å². The molecule has 7 heteroatoms. The lowest BCUT2D eigenvalue weighted by Crippen LogP contribution is -2.34. The molecule has 2 rings (SSSR count). The molecule has 1 aromatic rings. The molecule has 6 nitrogen and oxygen atoms in total. The van der Waals surface area contributed by atoms with Gasteiger partial charge in [-0.2, -0.15) is 8.75 Å². The van der Waals surface area contributed by atoms with Gasteiger partial charge in [0.25, 0.3) is 5.91 Å². The summed E-state index contributed by atoms with van der Waals surface area (Å²) in [5, 5.41) is 2.53. The second-order valence-corrected chi connectivity index (χ2v) is 3.04. The van der Waals surface area contributed by atoms with Crippen LogP contribution in [0.4, 0.5) is 4.79 Å². The van der Waals surface area contributed by atoms with Crippen LogP contribution in [-0.2, 0) is 0 Å². The second kappa shape index (κ2) is 3.09. The van der Waals surface area contributed by atoms with Crippen LogP contribution in [0.1, 0.15) is 10.5 Å². The minimum absolute atomic E-state index is 0.224. The maximum atomic E-state index is 11.5. The van der Waals surface area contributed by atoms with Crippen molar-refractivity contribution in [2.24, 2.45) is 0 Å². The first kappa shape index (κ1) is 8.11. The number of carbonyl (C=O) groups is 2. The minimum atomic E-state index is -0.385. The highest BCUT2D eigenvalue weighted by atomic mass is 32.1. The largest absolute Gasteiger partial charge is 0.336 e. The lowest BCUT2D eigenvalue weighted by atomic mass is 10.4. The van der Waals surface area contributed by atoms with Gasteiger partial charge >= 0.3 is 6.03 Å². The van der Waals surface area contributed by atoms with Crippen molar-refractivity contribution in [3.05, 3.63) is 11.9 Å². The second-order valence-electron chi connectivity index (χ2n) is 2.48. The number of nitrogens with zero attached hydrogens (tertiary/aromatic N) is 3. The lowest BCUT2D eigenvalue weighted by Gasteiger charge is -2.08. The smallest absolute Gasteiger partial charge is 0.324 e. The van der Waals surface area contributed by atoms with E-state index in [0.717, 1.165) is 16.6 Å². The molecular formula is C6H6N4O2S. The van der Waals surface area contributed by atoms with Crippen molar-refractivity contribution in [1.29, 1.82) is 0 Å². The Hall–Kier alpha value is -1.50. The normalized spacial score (nSPS) is 16.0. The van der Waals surface area contributed by atoms with Crippen LogP contribution < -0.4 is 5.32 Å². The number of rotatable bonds is 1. The average Bonchev–Trinajstić information content (AvgIpc) is 2.72. The number of carbonyl (C=O) groups excluding carboxylic acids is 2. The molecule has 0 unspecified atom stereocenters. The Bertz CT molecular complexity index is 336. The van der Waals surface area contributed by atoms with Gasteiger partial charge in [0.1, 0.15) is 0 Å². The van der Waals surface area contributed by atoms with E-state index < -0.39 is 0 Å². The highest BCUT2D eigenvalue weighted by Gasteiger charge is 2.28. The van der Waals surface area contributed by atoms with E-state index in [0.29, 0.717) is 13.1 Å². The van der Waals surface area contributed by atoms with Gasteiger partial charge in [-0.05, 0) is 0 Å². The SMILES string of the molecule is O=C1NCCN1C(=O)c1cnsn1. The van der Waals surface area contributed by atoms with Gasteiger partial charge in [0, 0.05) is 13.1 Å². The summed E-state index contributed by atoms with van der Waals surface area (Å²) in [6.45, 7) is 0.900. The molecule has 0 aliphatic carbocycles. The van der Waals surface area contributed by atoms with Crippen LogP contribution in [0.25, 0.3) is 0 Å². The number of aromatic nitrogens is 2. The number of hydrogen-bond acceptors (Lipinski definition) is 5. The molecule has 1 aromatic heterocycles. The summed E-state index contributed by atoms with van der Waals surface area (Å²) in [5.41, 5.74) is 0.224. The molecule has 0 spiro atoms. The highest BCUT2D eigenvalue weighted by Crippen LogP contribution is 2.05. The molecule has 0 radical (unpaired) electrons. The Morgan fingerprint density at radius 1 is 1.69 bits per heavy atom. The maximum Gasteiger partial charge on any atom is 0.324 e. The van der Waals surface area contributed by atoms with Gasteiger partial charge in [0.2, 0.25) is 0 Å². The van der Waals surface area contributed by atoms with E-state index in [4.69, 9.17) is 0 Å². The van der Waals surface area contributed by atoms with Crippen molar-refractivity contribution in [2.75, 3.05) is 13.1 Å². The van der Waals surface area contributed by atoms with Crippen molar-refractivity contribution in [1.82, 2.24) is 19.0 Å². The molecule has 1 saturated heterocycles. The zero-order valence-electron chi connectivity index (χ0n) is 6.56. The molecular weight excluding hydrogens is 192 g/mol. The molecule has 68 valence electrons. The first-order chi connectivity index (χ1) is 6.29. The molecule has 1 N–H and O–H groups in total. The molecule has 2 heterocycles. The maximum absolute atomic E-state index is 11.5. The van der Waals surface area contributed by atoms with Crippen LogP contribution in [0.15, 0.2) is 6.20 Å². The van der Waals surface area contributed by atoms with E-state index in [9.17, 15) is 9.59 Å². The fraction of sp³-hybridized carbons (Fsp3) is 0.333. The number of amides is 3. The zero-order chi connectivity index (χ0) is 9.26. The Morgan fingerprint density at radius 2 is 2.54 bits per heavy atom. The zero-order valence-corrected chi connectivity index (χ0v) is 7.37. The molecule has 0 atom stereocenters. The van der Waals surface area contributed by atoms with Gasteiger partial charge in [-0.15, -0.1) is 0 Å². The summed E-state index contributed by atoms with van der Waals surface area (Å²) in [6.07, 6.45) is 1.36. The van der Waals surface area contributed by atoms with Crippen molar-refractivity contribution in [2.45, 2.75) is 0 Å². The summed E-state index contributed by atoms with van der Waals surface area (Å²) in [7, 11) is 0. The molecule has 1 aliphatic heterocycles. The van der Waals surface area contributed by atoms with Crippen molar-refractivity contribution in [3.63, 3.8) is 0 Å². The molecule has 0 saturated carbocycles. The number of imide groups is 1. The summed E-state index contributed by atoms with van der Waals surface area (Å²) in [6, 6.07) is -0.363. The van der Waals surface area contributed by atoms with Gasteiger partial charge in [-0.3, -0.25) is 9.69 Å². The van der Waals surface area contributed by atoms with Crippen molar-refractivity contribution < 1.29 is 9.59 Å². The summed E-state index contributed by atoms with van der Waals surface area (Å²) in [5.74, 6) is -0.385. The van der Waals surface area contributed by atoms with E-state index >= 15 is 0 Å². The summed E-state index contributed by atoms with van der Waals surface area (Å²) < 4.78 is 7.45. The number of urea groups is 1. The molecule has 13 heavy (non-hydrogen) atoms. The van der Waals surface area contributed by atoms with Gasteiger partial charge in [0.05, 0.1) is 17.9 Å². The standard InChI is InChI=1S/C6H6N4O2S/c11-5(4-3-8-13-9-4)10-2-1-7-6(10)12/h3H,1-2H2,(H,7,12). The fourth-order valence-corrected chi connectivity index (χ4v) is 1.47. The van der Waals surface area contributed by atoms with Crippen LogP contribution in [-0.4, -0.2) is 38.7 Å². The number of nitrogens with one attached hydrogen (secondary N) is 1. The third-order valence-corrected chi connectivity index (χ3v) is 2.16. The fourth-order valence-electron chi connectivity index (χ4n) is 1.06. The van der Waals surface area contributed by atoms with Crippen LogP contribution in [0.5, 0.6) is 0 Å². The molecule has 0 bridgehead atoms.